The van der Waals surface area contributed by atoms with Gasteiger partial charge in [-0.3, -0.25) is 19.8 Å². The zero-order chi connectivity index (χ0) is 18.4. The molecule has 0 aromatic carbocycles. The van der Waals surface area contributed by atoms with Gasteiger partial charge in [0.1, 0.15) is 5.82 Å². The summed E-state index contributed by atoms with van der Waals surface area (Å²) >= 11 is 3.30. The lowest BCUT2D eigenvalue weighted by Crippen LogP contribution is -2.51. The molecule has 9 heteroatoms. The second-order valence-electron chi connectivity index (χ2n) is 5.91. The van der Waals surface area contributed by atoms with Gasteiger partial charge in [-0.1, -0.05) is 0 Å². The molecule has 4 amide bonds. The van der Waals surface area contributed by atoms with Gasteiger partial charge in [-0.05, 0) is 60.9 Å². The number of nitrogens with zero attached hydrogens (tertiary/aromatic N) is 2. The van der Waals surface area contributed by atoms with Crippen LogP contribution in [0.1, 0.15) is 19.8 Å². The first kappa shape index (κ1) is 19.3. The van der Waals surface area contributed by atoms with Crippen molar-refractivity contribution in [2.24, 2.45) is 5.92 Å². The molecule has 3 N–H and O–H groups in total. The van der Waals surface area contributed by atoms with E-state index in [1.165, 1.54) is 7.05 Å². The number of rotatable bonds is 4. The molecule has 2 heterocycles. The van der Waals surface area contributed by atoms with Gasteiger partial charge in [0.2, 0.25) is 11.8 Å². The largest absolute Gasteiger partial charge is 0.341 e. The van der Waals surface area contributed by atoms with E-state index < -0.39 is 12.1 Å². The van der Waals surface area contributed by atoms with E-state index in [9.17, 15) is 14.4 Å². The third kappa shape index (κ3) is 5.50. The Hall–Kier alpha value is -2.00. The van der Waals surface area contributed by atoms with Crippen LogP contribution in [0.3, 0.4) is 0 Å². The molecule has 1 aromatic rings. The third-order valence-corrected chi connectivity index (χ3v) is 4.74. The summed E-state index contributed by atoms with van der Waals surface area (Å²) in [5, 5.41) is 7.44. The van der Waals surface area contributed by atoms with Crippen molar-refractivity contribution >= 4 is 39.6 Å². The summed E-state index contributed by atoms with van der Waals surface area (Å²) in [6, 6.07) is 2.61. The van der Waals surface area contributed by atoms with Crippen LogP contribution in [0.2, 0.25) is 0 Å². The Morgan fingerprint density at radius 2 is 1.96 bits per heavy atom. The van der Waals surface area contributed by atoms with E-state index in [1.54, 1.807) is 19.2 Å². The maximum absolute atomic E-state index is 12.3. The van der Waals surface area contributed by atoms with Crippen LogP contribution < -0.4 is 16.0 Å². The minimum atomic E-state index is -0.520. The van der Waals surface area contributed by atoms with Crippen LogP contribution in [0, 0.1) is 5.92 Å². The molecule has 8 nitrogen and oxygen atoms in total. The monoisotopic (exact) mass is 411 g/mol. The minimum absolute atomic E-state index is 0.0584. The lowest BCUT2D eigenvalue weighted by Gasteiger charge is -2.34. The summed E-state index contributed by atoms with van der Waals surface area (Å²) in [7, 11) is 1.46. The van der Waals surface area contributed by atoms with Crippen molar-refractivity contribution in [3.8, 4) is 0 Å². The van der Waals surface area contributed by atoms with Crippen molar-refractivity contribution in [2.75, 3.05) is 25.5 Å². The van der Waals surface area contributed by atoms with Crippen LogP contribution in [0.15, 0.2) is 22.8 Å². The maximum atomic E-state index is 12.3. The highest BCUT2D eigenvalue weighted by atomic mass is 79.9. The summed E-state index contributed by atoms with van der Waals surface area (Å²) in [4.78, 5) is 41.7. The van der Waals surface area contributed by atoms with Crippen LogP contribution in [-0.4, -0.2) is 53.9 Å². The third-order valence-electron chi connectivity index (χ3n) is 4.27. The number of carbonyl (C=O) groups is 3. The summed E-state index contributed by atoms with van der Waals surface area (Å²) < 4.78 is 0.850. The van der Waals surface area contributed by atoms with Gasteiger partial charge in [-0.15, -0.1) is 0 Å². The zero-order valence-electron chi connectivity index (χ0n) is 14.2. The number of imide groups is 1. The van der Waals surface area contributed by atoms with E-state index >= 15 is 0 Å². The number of urea groups is 1. The van der Waals surface area contributed by atoms with Crippen LogP contribution in [0.5, 0.6) is 0 Å². The summed E-state index contributed by atoms with van der Waals surface area (Å²) in [6.45, 7) is 2.99. The number of pyridine rings is 1. The highest BCUT2D eigenvalue weighted by Gasteiger charge is 2.30. The average Bonchev–Trinajstić information content (AvgIpc) is 2.62. The number of piperidine rings is 1. The molecule has 0 saturated carbocycles. The Morgan fingerprint density at radius 1 is 1.28 bits per heavy atom. The second-order valence-corrected chi connectivity index (χ2v) is 6.82. The lowest BCUT2D eigenvalue weighted by molar-refractivity contribution is -0.126. The van der Waals surface area contributed by atoms with Crippen molar-refractivity contribution in [1.82, 2.24) is 20.5 Å². The predicted molar refractivity (Wildman–Crippen MR) is 96.9 cm³/mol. The van der Waals surface area contributed by atoms with E-state index in [4.69, 9.17) is 0 Å². The molecule has 1 aliphatic rings. The number of halogens is 1. The van der Waals surface area contributed by atoms with E-state index in [-0.39, 0.29) is 17.7 Å². The van der Waals surface area contributed by atoms with Gasteiger partial charge in [0.25, 0.3) is 0 Å². The molecule has 1 aliphatic heterocycles. The Morgan fingerprint density at radius 3 is 2.52 bits per heavy atom. The molecule has 25 heavy (non-hydrogen) atoms. The maximum Gasteiger partial charge on any atom is 0.321 e. The molecule has 0 spiro atoms. The van der Waals surface area contributed by atoms with Crippen molar-refractivity contribution in [3.05, 3.63) is 22.8 Å². The second kappa shape index (κ2) is 8.91. The smallest absolute Gasteiger partial charge is 0.321 e. The van der Waals surface area contributed by atoms with Gasteiger partial charge >= 0.3 is 6.03 Å². The van der Waals surface area contributed by atoms with Gasteiger partial charge in [-0.25, -0.2) is 9.78 Å². The van der Waals surface area contributed by atoms with E-state index in [0.717, 1.165) is 4.47 Å². The highest BCUT2D eigenvalue weighted by molar-refractivity contribution is 9.10. The molecule has 0 aliphatic carbocycles. The number of aromatic nitrogens is 1. The van der Waals surface area contributed by atoms with Crippen molar-refractivity contribution in [3.63, 3.8) is 0 Å². The fourth-order valence-corrected chi connectivity index (χ4v) is 2.91. The zero-order valence-corrected chi connectivity index (χ0v) is 15.8. The number of hydrogen-bond donors (Lipinski definition) is 3. The summed E-state index contributed by atoms with van der Waals surface area (Å²) in [6.07, 6.45) is 2.94. The Labute approximate surface area is 154 Å². The molecular formula is C16H22BrN5O3. The van der Waals surface area contributed by atoms with Crippen LogP contribution in [0.4, 0.5) is 10.6 Å². The van der Waals surface area contributed by atoms with Crippen molar-refractivity contribution < 1.29 is 14.4 Å². The SMILES string of the molecule is CNC(=O)NC(=O)C(C)N1CCC(C(=O)Nc2ccc(Br)cn2)CC1. The summed E-state index contributed by atoms with van der Waals surface area (Å²) in [5.41, 5.74) is 0. The van der Waals surface area contributed by atoms with Crippen molar-refractivity contribution in [1.29, 1.82) is 0 Å². The number of hydrogen-bond acceptors (Lipinski definition) is 5. The minimum Gasteiger partial charge on any atom is -0.341 e. The molecule has 2 rings (SSSR count). The predicted octanol–water partition coefficient (Wildman–Crippen LogP) is 1.34. The number of carbonyl (C=O) groups excluding carboxylic acids is 3. The lowest BCUT2D eigenvalue weighted by atomic mass is 9.95. The molecule has 1 aromatic heterocycles. The first-order chi connectivity index (χ1) is 11.9. The normalized spacial score (nSPS) is 16.8. The summed E-state index contributed by atoms with van der Waals surface area (Å²) in [5.74, 6) is 0.00287. The molecular weight excluding hydrogens is 390 g/mol. The Balaban J connectivity index is 1.82. The van der Waals surface area contributed by atoms with E-state index in [1.807, 2.05) is 11.0 Å². The van der Waals surface area contributed by atoms with Gasteiger partial charge in [0.05, 0.1) is 6.04 Å². The van der Waals surface area contributed by atoms with Crippen molar-refractivity contribution in [2.45, 2.75) is 25.8 Å². The molecule has 0 radical (unpaired) electrons. The first-order valence-corrected chi connectivity index (χ1v) is 8.89. The standard InChI is InChI=1S/C16H22BrN5O3/c1-10(14(23)21-16(25)18-2)22-7-5-11(6-8-22)15(24)20-13-4-3-12(17)9-19-13/h3-4,9-11H,5-8H2,1-2H3,(H,19,20,24)(H2,18,21,23,25). The van der Waals surface area contributed by atoms with Gasteiger partial charge < -0.3 is 10.6 Å². The molecule has 0 bridgehead atoms. The average molecular weight is 412 g/mol. The number of likely N-dealkylation sites (tertiary alicyclic amines) is 1. The quantitative estimate of drug-likeness (QED) is 0.693. The van der Waals surface area contributed by atoms with Crippen LogP contribution >= 0.6 is 15.9 Å². The van der Waals surface area contributed by atoms with E-state index in [2.05, 4.69) is 36.9 Å². The molecule has 1 fully saturated rings. The molecule has 136 valence electrons. The van der Waals surface area contributed by atoms with Crippen LogP contribution in [0.25, 0.3) is 0 Å². The topological polar surface area (TPSA) is 103 Å². The number of anilines is 1. The molecule has 1 saturated heterocycles. The van der Waals surface area contributed by atoms with Gasteiger partial charge in [0.15, 0.2) is 0 Å². The highest BCUT2D eigenvalue weighted by Crippen LogP contribution is 2.21. The van der Waals surface area contributed by atoms with Gasteiger partial charge in [0, 0.05) is 23.6 Å². The fraction of sp³-hybridized carbons (Fsp3) is 0.500. The fourth-order valence-electron chi connectivity index (χ4n) is 2.67. The number of amides is 4. The van der Waals surface area contributed by atoms with Gasteiger partial charge in [-0.2, -0.15) is 0 Å². The molecule has 1 unspecified atom stereocenters. The number of nitrogens with one attached hydrogen (secondary N) is 3. The Kier molecular flexibility index (Phi) is 6.89. The molecule has 1 atom stereocenters. The van der Waals surface area contributed by atoms with Crippen LogP contribution in [-0.2, 0) is 9.59 Å². The first-order valence-electron chi connectivity index (χ1n) is 8.09. The van der Waals surface area contributed by atoms with E-state index in [0.29, 0.717) is 31.7 Å². The Bertz CT molecular complexity index is 629.